The lowest BCUT2D eigenvalue weighted by atomic mass is 10.2. The van der Waals surface area contributed by atoms with E-state index in [1.807, 2.05) is 31.3 Å². The average Bonchev–Trinajstić information content (AvgIpc) is 2.87. The van der Waals surface area contributed by atoms with E-state index in [4.69, 9.17) is 0 Å². The third kappa shape index (κ3) is 2.76. The lowest BCUT2D eigenvalue weighted by Crippen LogP contribution is -2.37. The number of rotatable bonds is 3. The highest BCUT2D eigenvalue weighted by Crippen LogP contribution is 2.24. The number of aromatic nitrogens is 4. The Morgan fingerprint density at radius 1 is 1.04 bits per heavy atom. The summed E-state index contributed by atoms with van der Waals surface area (Å²) in [6, 6.07) is 8.05. The molecule has 8 heteroatoms. The molecule has 0 saturated carbocycles. The Balaban J connectivity index is 2.02. The van der Waals surface area contributed by atoms with Crippen LogP contribution in [0.5, 0.6) is 0 Å². The van der Waals surface area contributed by atoms with Gasteiger partial charge in [0, 0.05) is 31.4 Å². The van der Waals surface area contributed by atoms with Gasteiger partial charge in [-0.25, -0.2) is 9.78 Å². The predicted molar refractivity (Wildman–Crippen MR) is 94.9 cm³/mol. The fourth-order valence-electron chi connectivity index (χ4n) is 2.42. The van der Waals surface area contributed by atoms with Crippen molar-refractivity contribution >= 4 is 38.9 Å². The second kappa shape index (κ2) is 6.01. The lowest BCUT2D eigenvalue weighted by Gasteiger charge is -2.06. The Hall–Kier alpha value is -1.80. The minimum atomic E-state index is -0.366. The van der Waals surface area contributed by atoms with E-state index in [9.17, 15) is 9.59 Å². The van der Waals surface area contributed by atoms with Crippen LogP contribution in [0, 0.1) is 0 Å². The van der Waals surface area contributed by atoms with Gasteiger partial charge in [-0.2, -0.15) is 0 Å². The van der Waals surface area contributed by atoms with Gasteiger partial charge in [-0.15, -0.1) is 0 Å². The molecule has 0 spiro atoms. The third-order valence-electron chi connectivity index (χ3n) is 3.70. The van der Waals surface area contributed by atoms with Crippen molar-refractivity contribution in [1.82, 2.24) is 18.7 Å². The van der Waals surface area contributed by atoms with Gasteiger partial charge >= 0.3 is 5.69 Å². The maximum atomic E-state index is 12.2. The fourth-order valence-corrected chi connectivity index (χ4v) is 3.60. The maximum absolute atomic E-state index is 12.2. The normalized spacial score (nSPS) is 11.3. The van der Waals surface area contributed by atoms with Crippen molar-refractivity contribution in [3.8, 4) is 0 Å². The Labute approximate surface area is 144 Å². The van der Waals surface area contributed by atoms with Crippen molar-refractivity contribution in [1.29, 1.82) is 0 Å². The van der Waals surface area contributed by atoms with Gasteiger partial charge in [0.05, 0.1) is 0 Å². The zero-order chi connectivity index (χ0) is 16.7. The molecule has 23 heavy (non-hydrogen) atoms. The van der Waals surface area contributed by atoms with Crippen LogP contribution in [0.15, 0.2) is 43.5 Å². The minimum absolute atomic E-state index is 0.315. The number of hydrogen-bond donors (Lipinski definition) is 0. The fraction of sp³-hybridized carbons (Fsp3) is 0.267. The van der Waals surface area contributed by atoms with Crippen molar-refractivity contribution in [3.05, 3.63) is 55.1 Å². The molecule has 1 aromatic carbocycles. The molecule has 2 heterocycles. The summed E-state index contributed by atoms with van der Waals surface area (Å²) >= 11 is 4.95. The van der Waals surface area contributed by atoms with Crippen molar-refractivity contribution in [3.63, 3.8) is 0 Å². The van der Waals surface area contributed by atoms with E-state index >= 15 is 0 Å². The van der Waals surface area contributed by atoms with Gasteiger partial charge in [0.25, 0.3) is 5.56 Å². The van der Waals surface area contributed by atoms with Gasteiger partial charge in [-0.05, 0) is 17.7 Å². The van der Waals surface area contributed by atoms with Crippen molar-refractivity contribution in [2.24, 2.45) is 21.1 Å². The largest absolute Gasteiger partial charge is 0.332 e. The predicted octanol–water partition coefficient (Wildman–Crippen LogP) is 2.03. The molecule has 0 amide bonds. The Kier molecular flexibility index (Phi) is 4.20. The Morgan fingerprint density at radius 3 is 2.35 bits per heavy atom. The summed E-state index contributed by atoms with van der Waals surface area (Å²) < 4.78 is 5.36. The number of thioether (sulfide) groups is 1. The molecule has 0 aliphatic carbocycles. The first-order chi connectivity index (χ1) is 10.9. The van der Waals surface area contributed by atoms with Crippen molar-refractivity contribution in [2.45, 2.75) is 10.9 Å². The third-order valence-corrected chi connectivity index (χ3v) is 5.33. The van der Waals surface area contributed by atoms with E-state index in [-0.39, 0.29) is 11.2 Å². The summed E-state index contributed by atoms with van der Waals surface area (Å²) in [5.41, 5.74) is 1.29. The number of hydrogen-bond acceptors (Lipinski definition) is 4. The van der Waals surface area contributed by atoms with E-state index in [1.165, 1.54) is 23.4 Å². The molecule has 3 aromatic rings. The highest BCUT2D eigenvalue weighted by atomic mass is 79.9. The molecular formula is C15H15BrN4O2S. The summed E-state index contributed by atoms with van der Waals surface area (Å²) in [4.78, 5) is 28.7. The first kappa shape index (κ1) is 16.1. The first-order valence-electron chi connectivity index (χ1n) is 6.90. The van der Waals surface area contributed by atoms with Crippen LogP contribution in [0.2, 0.25) is 0 Å². The quantitative estimate of drug-likeness (QED) is 0.637. The Morgan fingerprint density at radius 2 is 1.70 bits per heavy atom. The molecule has 0 aliphatic rings. The van der Waals surface area contributed by atoms with E-state index in [1.54, 1.807) is 11.6 Å². The van der Waals surface area contributed by atoms with Crippen LogP contribution in [-0.2, 0) is 26.9 Å². The van der Waals surface area contributed by atoms with Crippen LogP contribution in [0.1, 0.15) is 5.56 Å². The average molecular weight is 395 g/mol. The zero-order valence-electron chi connectivity index (χ0n) is 12.9. The lowest BCUT2D eigenvalue weighted by molar-refractivity contribution is 0.690. The standard InChI is InChI=1S/C15H15BrN4O2S/c1-18-12-11(13(21)20(3)15(22)19(12)2)17-14(18)23-8-9-4-6-10(16)7-5-9/h4-7H,8H2,1-3H3. The van der Waals surface area contributed by atoms with Crippen LogP contribution in [0.3, 0.4) is 0 Å². The molecule has 3 rings (SSSR count). The summed E-state index contributed by atoms with van der Waals surface area (Å²) in [7, 11) is 4.93. The smallest absolute Gasteiger partial charge is 0.308 e. The molecule has 2 aromatic heterocycles. The Bertz CT molecular complexity index is 1000. The molecule has 0 fully saturated rings. The number of fused-ring (bicyclic) bond motifs is 1. The number of benzene rings is 1. The maximum Gasteiger partial charge on any atom is 0.332 e. The van der Waals surface area contributed by atoms with Crippen molar-refractivity contribution < 1.29 is 0 Å². The highest BCUT2D eigenvalue weighted by molar-refractivity contribution is 9.10. The number of aryl methyl sites for hydroxylation is 2. The topological polar surface area (TPSA) is 61.8 Å². The van der Waals surface area contributed by atoms with Gasteiger partial charge < -0.3 is 4.57 Å². The van der Waals surface area contributed by atoms with E-state index in [2.05, 4.69) is 20.9 Å². The second-order valence-corrected chi connectivity index (χ2v) is 7.10. The van der Waals surface area contributed by atoms with E-state index in [0.717, 1.165) is 20.4 Å². The molecular weight excluding hydrogens is 380 g/mol. The van der Waals surface area contributed by atoms with Crippen LogP contribution in [-0.4, -0.2) is 18.7 Å². The van der Waals surface area contributed by atoms with Gasteiger partial charge in [0.2, 0.25) is 0 Å². The summed E-state index contributed by atoms with van der Waals surface area (Å²) in [5.74, 6) is 0.735. The second-order valence-electron chi connectivity index (χ2n) is 5.25. The van der Waals surface area contributed by atoms with E-state index in [0.29, 0.717) is 16.3 Å². The summed E-state index contributed by atoms with van der Waals surface area (Å²) in [6.07, 6.45) is 0. The van der Waals surface area contributed by atoms with Gasteiger partial charge in [-0.3, -0.25) is 13.9 Å². The SMILES string of the molecule is Cn1c(=O)c2nc(SCc3ccc(Br)cc3)n(C)c2n(C)c1=O. The molecule has 0 saturated heterocycles. The minimum Gasteiger partial charge on any atom is -0.308 e. The van der Waals surface area contributed by atoms with Gasteiger partial charge in [0.1, 0.15) is 0 Å². The van der Waals surface area contributed by atoms with Crippen LogP contribution < -0.4 is 11.2 Å². The first-order valence-corrected chi connectivity index (χ1v) is 8.67. The van der Waals surface area contributed by atoms with Gasteiger partial charge in [-0.1, -0.05) is 39.8 Å². The summed E-state index contributed by atoms with van der Waals surface area (Å²) in [6.45, 7) is 0. The summed E-state index contributed by atoms with van der Waals surface area (Å²) in [5, 5.41) is 0.709. The zero-order valence-corrected chi connectivity index (χ0v) is 15.3. The molecule has 0 radical (unpaired) electrons. The molecule has 120 valence electrons. The highest BCUT2D eigenvalue weighted by Gasteiger charge is 2.17. The molecule has 0 aliphatic heterocycles. The molecule has 0 N–H and O–H groups in total. The molecule has 6 nitrogen and oxygen atoms in total. The molecule has 0 bridgehead atoms. The number of imidazole rings is 1. The molecule has 0 unspecified atom stereocenters. The van der Waals surface area contributed by atoms with Crippen LogP contribution in [0.4, 0.5) is 0 Å². The van der Waals surface area contributed by atoms with Gasteiger partial charge in [0.15, 0.2) is 16.3 Å². The van der Waals surface area contributed by atoms with Crippen LogP contribution in [0.25, 0.3) is 11.2 Å². The van der Waals surface area contributed by atoms with Crippen molar-refractivity contribution in [2.75, 3.05) is 0 Å². The van der Waals surface area contributed by atoms with Crippen LogP contribution >= 0.6 is 27.7 Å². The molecule has 0 atom stereocenters. The van der Waals surface area contributed by atoms with E-state index < -0.39 is 0 Å². The number of nitrogens with zero attached hydrogens (tertiary/aromatic N) is 4. The monoisotopic (exact) mass is 394 g/mol. The number of halogens is 1.